The quantitative estimate of drug-likeness (QED) is 0.302. The van der Waals surface area contributed by atoms with Crippen molar-refractivity contribution in [2.75, 3.05) is 37.9 Å². The zero-order chi connectivity index (χ0) is 25.0. The highest BCUT2D eigenvalue weighted by Crippen LogP contribution is 2.31. The molecule has 9 nitrogen and oxygen atoms in total. The van der Waals surface area contributed by atoms with E-state index in [1.807, 2.05) is 54.7 Å². The number of hydrogen-bond donors (Lipinski definition) is 1. The number of benzene rings is 2. The van der Waals surface area contributed by atoms with Crippen LogP contribution in [0.3, 0.4) is 0 Å². The molecule has 1 fully saturated rings. The average Bonchev–Trinajstić information content (AvgIpc) is 3.32. The van der Waals surface area contributed by atoms with Crippen LogP contribution in [-0.2, 0) is 9.53 Å². The number of nitrogens with zero attached hydrogens (tertiary/aromatic N) is 5. The molecule has 4 aromatic rings. The summed E-state index contributed by atoms with van der Waals surface area (Å²) in [6.45, 7) is 4.65. The molecule has 1 aliphatic heterocycles. The molecule has 2 N–H and O–H groups in total. The Morgan fingerprint density at radius 3 is 2.72 bits per heavy atom. The lowest BCUT2D eigenvalue weighted by Gasteiger charge is -2.43. The first-order valence-corrected chi connectivity index (χ1v) is 12.1. The fourth-order valence-corrected chi connectivity index (χ4v) is 4.77. The normalized spacial score (nSPS) is 19.8. The Morgan fingerprint density at radius 1 is 1.17 bits per heavy atom. The van der Waals surface area contributed by atoms with Crippen LogP contribution in [0.1, 0.15) is 24.9 Å². The minimum absolute atomic E-state index is 0.00421. The number of carbonyl (C=O) groups is 1. The molecule has 0 saturated carbocycles. The van der Waals surface area contributed by atoms with Crippen molar-refractivity contribution in [2.24, 2.45) is 5.84 Å². The Morgan fingerprint density at radius 2 is 1.94 bits per heavy atom. The summed E-state index contributed by atoms with van der Waals surface area (Å²) in [6.07, 6.45) is 5.81. The van der Waals surface area contributed by atoms with Crippen molar-refractivity contribution in [2.45, 2.75) is 19.4 Å². The first kappa shape index (κ1) is 23.9. The van der Waals surface area contributed by atoms with Gasteiger partial charge in [0.05, 0.1) is 13.2 Å². The Labute approximate surface area is 210 Å². The van der Waals surface area contributed by atoms with Gasteiger partial charge in [0.2, 0.25) is 5.91 Å². The highest BCUT2D eigenvalue weighted by atomic mass is 16.5. The number of morpholine rings is 1. The van der Waals surface area contributed by atoms with Gasteiger partial charge in [-0.25, -0.2) is 24.2 Å². The summed E-state index contributed by atoms with van der Waals surface area (Å²) >= 11 is 0. The van der Waals surface area contributed by atoms with Crippen molar-refractivity contribution < 1.29 is 18.9 Å². The van der Waals surface area contributed by atoms with Crippen LogP contribution in [0.2, 0.25) is 0 Å². The van der Waals surface area contributed by atoms with Gasteiger partial charge in [0.1, 0.15) is 31.0 Å². The zero-order valence-electron chi connectivity index (χ0n) is 20.4. The lowest BCUT2D eigenvalue weighted by atomic mass is 10.0. The van der Waals surface area contributed by atoms with Crippen LogP contribution in [0.4, 0.5) is 0 Å². The van der Waals surface area contributed by atoms with E-state index in [0.29, 0.717) is 43.1 Å². The summed E-state index contributed by atoms with van der Waals surface area (Å²) in [5, 5.41) is 2.59. The average molecular weight is 488 g/mol. The molecule has 0 bridgehead atoms. The SMILES string of the molecule is CC(=O)N(CCC[N+]1(N)CCOCC1c1ccc(Oc2ccccc2)cc1)n1ccc2cncnc21. The van der Waals surface area contributed by atoms with Crippen LogP contribution in [0.5, 0.6) is 11.5 Å². The molecule has 0 aliphatic carbocycles. The van der Waals surface area contributed by atoms with E-state index < -0.39 is 0 Å². The number of fused-ring (bicyclic) bond motifs is 1. The van der Waals surface area contributed by atoms with Gasteiger partial charge in [-0.05, 0) is 42.5 Å². The monoisotopic (exact) mass is 487 g/mol. The third-order valence-electron chi connectivity index (χ3n) is 6.69. The standard InChI is InChI=1S/C27H31N6O3/c1-21(34)31(32-14-12-23-18-29-20-30-27(23)32)13-5-15-33(28)16-17-35-19-26(33)22-8-10-25(11-9-22)36-24-6-3-2-4-7-24/h2-4,6-12,14,18,20,26H,5,13,15-17,19,28H2,1H3/q+1. The second-order valence-electron chi connectivity index (χ2n) is 9.08. The van der Waals surface area contributed by atoms with E-state index in [2.05, 4.69) is 22.1 Å². The van der Waals surface area contributed by atoms with Crippen LogP contribution in [0.15, 0.2) is 79.4 Å². The molecule has 0 radical (unpaired) electrons. The molecule has 5 rings (SSSR count). The maximum Gasteiger partial charge on any atom is 0.238 e. The molecular weight excluding hydrogens is 456 g/mol. The smallest absolute Gasteiger partial charge is 0.238 e. The third-order valence-corrected chi connectivity index (χ3v) is 6.69. The molecule has 2 unspecified atom stereocenters. The van der Waals surface area contributed by atoms with Crippen LogP contribution >= 0.6 is 0 Å². The minimum atomic E-state index is -0.0535. The van der Waals surface area contributed by atoms with Gasteiger partial charge >= 0.3 is 0 Å². The van der Waals surface area contributed by atoms with Crippen LogP contribution in [0.25, 0.3) is 11.0 Å². The van der Waals surface area contributed by atoms with E-state index in [0.717, 1.165) is 28.9 Å². The molecule has 3 heterocycles. The molecule has 9 heteroatoms. The zero-order valence-corrected chi connectivity index (χ0v) is 20.4. The molecule has 0 spiro atoms. The Kier molecular flexibility index (Phi) is 6.95. The number of para-hydroxylation sites is 1. The Balaban J connectivity index is 1.27. The maximum absolute atomic E-state index is 12.5. The van der Waals surface area contributed by atoms with Gasteiger partial charge in [-0.2, -0.15) is 5.84 Å². The highest BCUT2D eigenvalue weighted by Gasteiger charge is 2.38. The molecule has 1 saturated heterocycles. The van der Waals surface area contributed by atoms with Crippen LogP contribution in [0, 0.1) is 0 Å². The van der Waals surface area contributed by atoms with E-state index in [1.54, 1.807) is 22.8 Å². The van der Waals surface area contributed by atoms with Crippen molar-refractivity contribution in [3.8, 4) is 11.5 Å². The first-order valence-electron chi connectivity index (χ1n) is 12.1. The summed E-state index contributed by atoms with van der Waals surface area (Å²) < 4.78 is 13.9. The van der Waals surface area contributed by atoms with Crippen molar-refractivity contribution in [1.82, 2.24) is 14.6 Å². The Bertz CT molecular complexity index is 1310. The summed E-state index contributed by atoms with van der Waals surface area (Å²) in [5.41, 5.74) is 1.81. The number of carbonyl (C=O) groups excluding carboxylic acids is 1. The number of aromatic nitrogens is 3. The van der Waals surface area contributed by atoms with E-state index >= 15 is 0 Å². The molecule has 2 aromatic heterocycles. The van der Waals surface area contributed by atoms with Gasteiger partial charge < -0.3 is 9.47 Å². The first-order chi connectivity index (χ1) is 17.5. The second kappa shape index (κ2) is 10.4. The maximum atomic E-state index is 12.5. The van der Waals surface area contributed by atoms with Crippen molar-refractivity contribution in [3.63, 3.8) is 0 Å². The van der Waals surface area contributed by atoms with Crippen molar-refractivity contribution in [3.05, 3.63) is 84.9 Å². The van der Waals surface area contributed by atoms with Gasteiger partial charge in [-0.3, -0.25) is 4.79 Å². The number of hydrogen-bond acceptors (Lipinski definition) is 6. The summed E-state index contributed by atoms with van der Waals surface area (Å²) in [7, 11) is 0. The van der Waals surface area contributed by atoms with E-state index in [-0.39, 0.29) is 11.9 Å². The predicted molar refractivity (Wildman–Crippen MR) is 137 cm³/mol. The number of quaternary nitrogens is 1. The summed E-state index contributed by atoms with van der Waals surface area (Å²) in [6, 6.07) is 19.7. The van der Waals surface area contributed by atoms with Crippen LogP contribution < -0.4 is 15.6 Å². The molecule has 186 valence electrons. The van der Waals surface area contributed by atoms with Gasteiger partial charge in [0.25, 0.3) is 0 Å². The third kappa shape index (κ3) is 5.08. The van der Waals surface area contributed by atoms with Crippen molar-refractivity contribution >= 4 is 16.9 Å². The summed E-state index contributed by atoms with van der Waals surface area (Å²) in [4.78, 5) is 20.9. The van der Waals surface area contributed by atoms with Crippen molar-refractivity contribution in [1.29, 1.82) is 0 Å². The fraction of sp³-hybridized carbons (Fsp3) is 0.296. The summed E-state index contributed by atoms with van der Waals surface area (Å²) in [5.74, 6) is 8.48. The molecule has 36 heavy (non-hydrogen) atoms. The molecule has 1 amide bonds. The van der Waals surface area contributed by atoms with Gasteiger partial charge in [-0.15, -0.1) is 0 Å². The van der Waals surface area contributed by atoms with Crippen LogP contribution in [-0.4, -0.2) is 58.0 Å². The largest absolute Gasteiger partial charge is 0.457 e. The molecule has 1 aliphatic rings. The lowest BCUT2D eigenvalue weighted by Crippen LogP contribution is -2.62. The van der Waals surface area contributed by atoms with E-state index in [4.69, 9.17) is 15.3 Å². The predicted octanol–water partition coefficient (Wildman–Crippen LogP) is 3.56. The van der Waals surface area contributed by atoms with E-state index in [9.17, 15) is 4.79 Å². The minimum Gasteiger partial charge on any atom is -0.457 e. The topological polar surface area (TPSA) is 95.5 Å². The van der Waals surface area contributed by atoms with E-state index in [1.165, 1.54) is 6.33 Å². The number of nitrogens with two attached hydrogens (primary N) is 1. The lowest BCUT2D eigenvalue weighted by molar-refractivity contribution is -0.975. The second-order valence-corrected chi connectivity index (χ2v) is 9.08. The highest BCUT2D eigenvalue weighted by molar-refractivity contribution is 5.86. The van der Waals surface area contributed by atoms with Gasteiger partial charge in [0.15, 0.2) is 11.7 Å². The molecular formula is C27H31N6O3+. The van der Waals surface area contributed by atoms with Gasteiger partial charge in [0, 0.05) is 43.2 Å². The number of ether oxygens (including phenoxy) is 2. The molecule has 2 aromatic carbocycles. The Hall–Kier alpha value is -3.79. The number of rotatable bonds is 8. The fourth-order valence-electron chi connectivity index (χ4n) is 4.77. The number of amides is 1. The van der Waals surface area contributed by atoms with Gasteiger partial charge in [-0.1, -0.05) is 18.2 Å². The molecule has 2 atom stereocenters.